The van der Waals surface area contributed by atoms with Gasteiger partial charge in [-0.1, -0.05) is 32.0 Å². The first-order chi connectivity index (χ1) is 13.5. The van der Waals surface area contributed by atoms with Crippen molar-refractivity contribution in [1.29, 1.82) is 0 Å². The molecule has 0 spiro atoms. The largest absolute Gasteiger partial charge is 0.352 e. The summed E-state index contributed by atoms with van der Waals surface area (Å²) in [4.78, 5) is 10.8. The monoisotopic (exact) mass is 380 g/mol. The number of rotatable bonds is 6. The molecule has 0 radical (unpaired) electrons. The van der Waals surface area contributed by atoms with Gasteiger partial charge in [0.2, 0.25) is 0 Å². The fourth-order valence-electron chi connectivity index (χ4n) is 3.23. The summed E-state index contributed by atoms with van der Waals surface area (Å²) in [6, 6.07) is 8.21. The quantitative estimate of drug-likeness (QED) is 0.507. The van der Waals surface area contributed by atoms with Gasteiger partial charge in [0.15, 0.2) is 11.8 Å². The Morgan fingerprint density at radius 3 is 2.86 bits per heavy atom. The molecule has 0 saturated heterocycles. The van der Waals surface area contributed by atoms with Crippen LogP contribution in [0.25, 0.3) is 11.4 Å². The molecule has 8 heteroatoms. The molecule has 2 heterocycles. The van der Waals surface area contributed by atoms with Gasteiger partial charge < -0.3 is 10.2 Å². The van der Waals surface area contributed by atoms with E-state index in [1.54, 1.807) is 7.05 Å². The van der Waals surface area contributed by atoms with E-state index in [1.165, 1.54) is 11.9 Å². The zero-order valence-corrected chi connectivity index (χ0v) is 17.1. The SMILES string of the molecule is CN=C(NCc1cccc(-c2ncn[nH]2)c1)N(C)Cc1cn(C)nc1C(C)C. The van der Waals surface area contributed by atoms with Crippen LogP contribution in [0.3, 0.4) is 0 Å². The Kier molecular flexibility index (Phi) is 6.08. The number of aromatic amines is 1. The number of hydrogen-bond acceptors (Lipinski definition) is 4. The third-order valence-corrected chi connectivity index (χ3v) is 4.53. The van der Waals surface area contributed by atoms with E-state index in [2.05, 4.69) is 67.7 Å². The molecule has 0 amide bonds. The molecule has 0 fully saturated rings. The van der Waals surface area contributed by atoms with E-state index in [-0.39, 0.29) is 0 Å². The van der Waals surface area contributed by atoms with E-state index in [0.717, 1.165) is 35.1 Å². The number of guanidine groups is 1. The summed E-state index contributed by atoms with van der Waals surface area (Å²) < 4.78 is 1.88. The second kappa shape index (κ2) is 8.69. The number of aromatic nitrogens is 5. The summed E-state index contributed by atoms with van der Waals surface area (Å²) in [5.74, 6) is 1.99. The van der Waals surface area contributed by atoms with Gasteiger partial charge in [-0.05, 0) is 17.5 Å². The third-order valence-electron chi connectivity index (χ3n) is 4.53. The highest BCUT2D eigenvalue weighted by atomic mass is 15.3. The molecular formula is C20H28N8. The molecule has 2 N–H and O–H groups in total. The number of hydrogen-bond donors (Lipinski definition) is 2. The molecule has 0 aliphatic heterocycles. The lowest BCUT2D eigenvalue weighted by Crippen LogP contribution is -2.38. The van der Waals surface area contributed by atoms with E-state index >= 15 is 0 Å². The van der Waals surface area contributed by atoms with Crippen LogP contribution in [0.2, 0.25) is 0 Å². The van der Waals surface area contributed by atoms with Crippen LogP contribution < -0.4 is 5.32 Å². The summed E-state index contributed by atoms with van der Waals surface area (Å²) in [5.41, 5.74) is 4.50. The zero-order chi connectivity index (χ0) is 20.1. The van der Waals surface area contributed by atoms with Crippen LogP contribution in [0.4, 0.5) is 0 Å². The van der Waals surface area contributed by atoms with Crippen molar-refractivity contribution in [2.24, 2.45) is 12.0 Å². The van der Waals surface area contributed by atoms with E-state index in [0.29, 0.717) is 12.5 Å². The molecule has 0 bridgehead atoms. The van der Waals surface area contributed by atoms with E-state index in [9.17, 15) is 0 Å². The van der Waals surface area contributed by atoms with Crippen molar-refractivity contribution in [3.05, 3.63) is 53.6 Å². The zero-order valence-electron chi connectivity index (χ0n) is 17.1. The summed E-state index contributed by atoms with van der Waals surface area (Å²) in [6.45, 7) is 5.75. The maximum absolute atomic E-state index is 4.59. The van der Waals surface area contributed by atoms with Gasteiger partial charge in [0.05, 0.1) is 5.69 Å². The molecule has 1 aromatic carbocycles. The smallest absolute Gasteiger partial charge is 0.193 e. The minimum absolute atomic E-state index is 0.387. The van der Waals surface area contributed by atoms with Crippen LogP contribution in [0, 0.1) is 0 Å². The second-order valence-corrected chi connectivity index (χ2v) is 7.16. The molecule has 0 unspecified atom stereocenters. The van der Waals surface area contributed by atoms with Gasteiger partial charge in [-0.25, -0.2) is 4.98 Å². The lowest BCUT2D eigenvalue weighted by Gasteiger charge is -2.22. The van der Waals surface area contributed by atoms with Gasteiger partial charge in [-0.15, -0.1) is 0 Å². The molecule has 3 aromatic rings. The number of nitrogens with zero attached hydrogens (tertiary/aromatic N) is 6. The predicted octanol–water partition coefficient (Wildman–Crippen LogP) is 2.54. The first-order valence-electron chi connectivity index (χ1n) is 9.36. The molecule has 8 nitrogen and oxygen atoms in total. The summed E-state index contributed by atoms with van der Waals surface area (Å²) >= 11 is 0. The van der Waals surface area contributed by atoms with Crippen molar-refractivity contribution >= 4 is 5.96 Å². The van der Waals surface area contributed by atoms with Gasteiger partial charge in [0.1, 0.15) is 6.33 Å². The second-order valence-electron chi connectivity index (χ2n) is 7.16. The Morgan fingerprint density at radius 2 is 2.18 bits per heavy atom. The van der Waals surface area contributed by atoms with Gasteiger partial charge in [-0.3, -0.25) is 14.8 Å². The molecule has 28 heavy (non-hydrogen) atoms. The van der Waals surface area contributed by atoms with E-state index < -0.39 is 0 Å². The molecule has 0 aliphatic rings. The Bertz CT molecular complexity index is 924. The normalized spacial score (nSPS) is 11.9. The van der Waals surface area contributed by atoms with Crippen LogP contribution in [0.1, 0.15) is 36.6 Å². The molecule has 0 aliphatic carbocycles. The minimum Gasteiger partial charge on any atom is -0.352 e. The van der Waals surface area contributed by atoms with E-state index in [1.807, 2.05) is 30.9 Å². The topological polar surface area (TPSA) is 87.0 Å². The standard InChI is InChI=1S/C20H28N8/c1-14(2)18-17(12-28(5)26-18)11-27(4)20(21-3)22-10-15-7-6-8-16(9-15)19-23-13-24-25-19/h6-9,12-14H,10-11H2,1-5H3,(H,21,22)(H,23,24,25). The Labute approximate surface area is 165 Å². The fourth-order valence-corrected chi connectivity index (χ4v) is 3.23. The lowest BCUT2D eigenvalue weighted by atomic mass is 10.1. The highest BCUT2D eigenvalue weighted by molar-refractivity contribution is 5.79. The maximum atomic E-state index is 4.59. The van der Waals surface area contributed by atoms with Crippen LogP contribution in [-0.4, -0.2) is 49.9 Å². The third kappa shape index (κ3) is 4.57. The van der Waals surface area contributed by atoms with Gasteiger partial charge >= 0.3 is 0 Å². The Hall–Kier alpha value is -3.16. The first-order valence-corrected chi connectivity index (χ1v) is 9.36. The fraction of sp³-hybridized carbons (Fsp3) is 0.400. The number of benzene rings is 1. The summed E-state index contributed by atoms with van der Waals surface area (Å²) in [5, 5.41) is 14.8. The van der Waals surface area contributed by atoms with Gasteiger partial charge in [0.25, 0.3) is 0 Å². The van der Waals surface area contributed by atoms with E-state index in [4.69, 9.17) is 0 Å². The average molecular weight is 381 g/mol. The van der Waals surface area contributed by atoms with Crippen LogP contribution >= 0.6 is 0 Å². The highest BCUT2D eigenvalue weighted by Crippen LogP contribution is 2.19. The average Bonchev–Trinajstić information content (AvgIpc) is 3.32. The highest BCUT2D eigenvalue weighted by Gasteiger charge is 2.15. The molecule has 0 saturated carbocycles. The molecule has 0 atom stereocenters. The first kappa shape index (κ1) is 19.6. The maximum Gasteiger partial charge on any atom is 0.193 e. The number of aryl methyl sites for hydroxylation is 1. The van der Waals surface area contributed by atoms with Crippen molar-refractivity contribution in [2.75, 3.05) is 14.1 Å². The summed E-state index contributed by atoms with van der Waals surface area (Å²) in [6.07, 6.45) is 3.60. The number of H-pyrrole nitrogens is 1. The molecule has 148 valence electrons. The minimum atomic E-state index is 0.387. The van der Waals surface area contributed by atoms with Crippen molar-refractivity contribution in [3.63, 3.8) is 0 Å². The predicted molar refractivity (Wildman–Crippen MR) is 111 cm³/mol. The van der Waals surface area contributed by atoms with Crippen molar-refractivity contribution in [1.82, 2.24) is 35.2 Å². The van der Waals surface area contributed by atoms with Gasteiger partial charge in [0, 0.05) is 51.6 Å². The number of aliphatic imine (C=N–C) groups is 1. The molecular weight excluding hydrogens is 352 g/mol. The number of nitrogens with one attached hydrogen (secondary N) is 2. The van der Waals surface area contributed by atoms with Crippen LogP contribution in [0.5, 0.6) is 0 Å². The Morgan fingerprint density at radius 1 is 1.36 bits per heavy atom. The van der Waals surface area contributed by atoms with Crippen LogP contribution in [-0.2, 0) is 20.1 Å². The van der Waals surface area contributed by atoms with Crippen molar-refractivity contribution in [2.45, 2.75) is 32.9 Å². The van der Waals surface area contributed by atoms with Gasteiger partial charge in [-0.2, -0.15) is 10.2 Å². The summed E-state index contributed by atoms with van der Waals surface area (Å²) in [7, 11) is 5.80. The molecule has 2 aromatic heterocycles. The Balaban J connectivity index is 1.66. The van der Waals surface area contributed by atoms with Crippen LogP contribution in [0.15, 0.2) is 41.8 Å². The molecule has 3 rings (SSSR count). The lowest BCUT2D eigenvalue weighted by molar-refractivity contribution is 0.473. The van der Waals surface area contributed by atoms with Crippen molar-refractivity contribution < 1.29 is 0 Å². The van der Waals surface area contributed by atoms with Crippen molar-refractivity contribution in [3.8, 4) is 11.4 Å².